The molecule has 214 valence electrons. The van der Waals surface area contributed by atoms with E-state index >= 15 is 0 Å². The molecule has 2 amide bonds. The van der Waals surface area contributed by atoms with Crippen LogP contribution >= 0.6 is 15.9 Å². The van der Waals surface area contributed by atoms with Gasteiger partial charge in [0.05, 0.1) is 5.69 Å². The zero-order valence-corrected chi connectivity index (χ0v) is 25.7. The highest BCUT2D eigenvalue weighted by molar-refractivity contribution is 9.10. The second kappa shape index (κ2) is 14.4. The Kier molecular flexibility index (Phi) is 11.3. The van der Waals surface area contributed by atoms with Gasteiger partial charge in [-0.3, -0.25) is 9.59 Å². The van der Waals surface area contributed by atoms with Crippen LogP contribution in [0.1, 0.15) is 31.4 Å². The number of benzene rings is 3. The van der Waals surface area contributed by atoms with Gasteiger partial charge in [0.25, 0.3) is 0 Å². The minimum Gasteiger partial charge on any atom is -0.352 e. The summed E-state index contributed by atoms with van der Waals surface area (Å²) in [6.07, 6.45) is 1.00. The summed E-state index contributed by atoms with van der Waals surface area (Å²) in [5.41, 5.74) is 2.05. The van der Waals surface area contributed by atoms with Crippen LogP contribution in [0.5, 0.6) is 0 Å². The predicted molar refractivity (Wildman–Crippen MR) is 163 cm³/mol. The van der Waals surface area contributed by atoms with Gasteiger partial charge in [-0.25, -0.2) is 4.31 Å². The second-order valence-corrected chi connectivity index (χ2v) is 12.8. The molecule has 0 radical (unpaired) electrons. The van der Waals surface area contributed by atoms with Crippen molar-refractivity contribution in [3.8, 4) is 0 Å². The highest BCUT2D eigenvalue weighted by Crippen LogP contribution is 2.22. The van der Waals surface area contributed by atoms with E-state index in [-0.39, 0.29) is 24.9 Å². The number of carbonyl (C=O) groups excluding carboxylic acids is 2. The van der Waals surface area contributed by atoms with Gasteiger partial charge in [0.1, 0.15) is 12.6 Å². The van der Waals surface area contributed by atoms with Crippen molar-refractivity contribution in [3.05, 3.63) is 101 Å². The molecule has 3 aromatic rings. The highest BCUT2D eigenvalue weighted by Gasteiger charge is 2.35. The topological polar surface area (TPSA) is 90.0 Å². The summed E-state index contributed by atoms with van der Waals surface area (Å²) in [6, 6.07) is 24.5. The van der Waals surface area contributed by atoms with E-state index in [4.69, 9.17) is 0 Å². The maximum atomic E-state index is 14.2. The molecule has 8 nitrogen and oxygen atoms in total. The van der Waals surface area contributed by atoms with Crippen molar-refractivity contribution in [2.24, 2.45) is 0 Å². The standard InChI is InChI=1S/C30H37BrN4O4S/c1-5-23(2)32-30(37)28(20-24-13-8-6-9-14-24)34(21-25-15-12-16-26(31)19-25)29(36)22-35(40(38,39)33(3)4)27-17-10-7-11-18-27/h6-19,23,28H,5,20-22H2,1-4H3,(H,32,37)/t23-,28-/m1/s1. The largest absolute Gasteiger partial charge is 0.352 e. The summed E-state index contributed by atoms with van der Waals surface area (Å²) < 4.78 is 29.7. The Bertz CT molecular complexity index is 1370. The molecular formula is C30H37BrN4O4S. The van der Waals surface area contributed by atoms with Crippen molar-refractivity contribution in [3.63, 3.8) is 0 Å². The first-order valence-corrected chi connectivity index (χ1v) is 15.3. The molecule has 0 fully saturated rings. The molecule has 40 heavy (non-hydrogen) atoms. The van der Waals surface area contributed by atoms with Crippen LogP contribution in [0.2, 0.25) is 0 Å². The molecule has 0 heterocycles. The van der Waals surface area contributed by atoms with E-state index in [1.165, 1.54) is 19.0 Å². The lowest BCUT2D eigenvalue weighted by atomic mass is 10.0. The number of para-hydroxylation sites is 1. The predicted octanol–water partition coefficient (Wildman–Crippen LogP) is 4.62. The number of hydrogen-bond acceptors (Lipinski definition) is 4. The van der Waals surface area contributed by atoms with Crippen LogP contribution in [0.4, 0.5) is 5.69 Å². The molecule has 0 saturated carbocycles. The second-order valence-electron chi connectivity index (χ2n) is 9.81. The van der Waals surface area contributed by atoms with Crippen molar-refractivity contribution in [1.29, 1.82) is 0 Å². The monoisotopic (exact) mass is 628 g/mol. The Morgan fingerprint density at radius 3 is 2.08 bits per heavy atom. The van der Waals surface area contributed by atoms with Crippen LogP contribution in [0, 0.1) is 0 Å². The van der Waals surface area contributed by atoms with Gasteiger partial charge in [-0.15, -0.1) is 0 Å². The molecule has 0 aliphatic rings. The summed E-state index contributed by atoms with van der Waals surface area (Å²) in [5.74, 6) is -0.780. The van der Waals surface area contributed by atoms with Crippen molar-refractivity contribution >= 4 is 43.6 Å². The molecular weight excluding hydrogens is 592 g/mol. The first kappa shape index (κ1) is 31.3. The number of anilines is 1. The van der Waals surface area contributed by atoms with Crippen LogP contribution in [0.15, 0.2) is 89.4 Å². The maximum absolute atomic E-state index is 14.2. The summed E-state index contributed by atoms with van der Waals surface area (Å²) in [4.78, 5) is 29.4. The summed E-state index contributed by atoms with van der Waals surface area (Å²) >= 11 is 3.49. The SMILES string of the molecule is CC[C@@H](C)NC(=O)[C@@H](Cc1ccccc1)N(Cc1cccc(Br)c1)C(=O)CN(c1ccccc1)S(=O)(=O)N(C)C. The normalized spacial score (nSPS) is 12.9. The lowest BCUT2D eigenvalue weighted by molar-refractivity contribution is -0.140. The molecule has 3 aromatic carbocycles. The molecule has 0 unspecified atom stereocenters. The third-order valence-electron chi connectivity index (χ3n) is 6.58. The summed E-state index contributed by atoms with van der Waals surface area (Å²) in [7, 11) is -1.17. The van der Waals surface area contributed by atoms with Crippen LogP contribution in [-0.4, -0.2) is 62.2 Å². The van der Waals surface area contributed by atoms with E-state index in [2.05, 4.69) is 21.2 Å². The fraction of sp³-hybridized carbons (Fsp3) is 0.333. The van der Waals surface area contributed by atoms with E-state index in [0.29, 0.717) is 5.69 Å². The van der Waals surface area contributed by atoms with E-state index in [9.17, 15) is 18.0 Å². The van der Waals surface area contributed by atoms with Gasteiger partial charge in [0.2, 0.25) is 11.8 Å². The third-order valence-corrected chi connectivity index (χ3v) is 8.89. The van der Waals surface area contributed by atoms with Crippen molar-refractivity contribution < 1.29 is 18.0 Å². The average Bonchev–Trinajstić information content (AvgIpc) is 2.94. The molecule has 0 aliphatic carbocycles. The minimum atomic E-state index is -4.02. The molecule has 0 spiro atoms. The van der Waals surface area contributed by atoms with Crippen LogP contribution in [0.25, 0.3) is 0 Å². The van der Waals surface area contributed by atoms with Crippen LogP contribution in [0.3, 0.4) is 0 Å². The van der Waals surface area contributed by atoms with E-state index in [0.717, 1.165) is 30.6 Å². The van der Waals surface area contributed by atoms with Gasteiger partial charge in [-0.1, -0.05) is 83.5 Å². The molecule has 2 atom stereocenters. The first-order chi connectivity index (χ1) is 19.0. The number of nitrogens with zero attached hydrogens (tertiary/aromatic N) is 3. The number of nitrogens with one attached hydrogen (secondary N) is 1. The molecule has 10 heteroatoms. The molecule has 1 N–H and O–H groups in total. The fourth-order valence-electron chi connectivity index (χ4n) is 4.14. The van der Waals surface area contributed by atoms with E-state index in [1.807, 2.05) is 68.4 Å². The quantitative estimate of drug-likeness (QED) is 0.299. The van der Waals surface area contributed by atoms with Gasteiger partial charge in [0.15, 0.2) is 0 Å². The Hall–Kier alpha value is -3.21. The van der Waals surface area contributed by atoms with Crippen molar-refractivity contribution in [2.45, 2.75) is 45.3 Å². The Labute approximate surface area is 246 Å². The Morgan fingerprint density at radius 1 is 0.900 bits per heavy atom. The zero-order chi connectivity index (χ0) is 29.3. The Balaban J connectivity index is 2.08. The summed E-state index contributed by atoms with van der Waals surface area (Å²) in [5, 5.41) is 3.03. The molecule has 0 aliphatic heterocycles. The molecule has 0 saturated heterocycles. The average molecular weight is 630 g/mol. The lowest BCUT2D eigenvalue weighted by Crippen LogP contribution is -2.55. The molecule has 0 bridgehead atoms. The Morgan fingerprint density at radius 2 is 1.50 bits per heavy atom. The third kappa shape index (κ3) is 8.39. The molecule has 3 rings (SSSR count). The van der Waals surface area contributed by atoms with E-state index < -0.39 is 28.7 Å². The maximum Gasteiger partial charge on any atom is 0.304 e. The minimum absolute atomic E-state index is 0.0940. The smallest absolute Gasteiger partial charge is 0.304 e. The van der Waals surface area contributed by atoms with Crippen LogP contribution < -0.4 is 9.62 Å². The highest BCUT2D eigenvalue weighted by atomic mass is 79.9. The number of carbonyl (C=O) groups is 2. The number of halogens is 1. The van der Waals surface area contributed by atoms with Crippen molar-refractivity contribution in [2.75, 3.05) is 24.9 Å². The van der Waals surface area contributed by atoms with Gasteiger partial charge < -0.3 is 10.2 Å². The van der Waals surface area contributed by atoms with Gasteiger partial charge >= 0.3 is 10.2 Å². The lowest BCUT2D eigenvalue weighted by Gasteiger charge is -2.35. The fourth-order valence-corrected chi connectivity index (χ4v) is 5.64. The van der Waals surface area contributed by atoms with E-state index in [1.54, 1.807) is 30.3 Å². The van der Waals surface area contributed by atoms with Crippen molar-refractivity contribution in [1.82, 2.24) is 14.5 Å². The number of amides is 2. The van der Waals surface area contributed by atoms with Gasteiger partial charge in [0, 0.05) is 37.6 Å². The van der Waals surface area contributed by atoms with Gasteiger partial charge in [-0.2, -0.15) is 12.7 Å². The molecule has 0 aromatic heterocycles. The van der Waals surface area contributed by atoms with Crippen LogP contribution in [-0.2, 0) is 32.8 Å². The zero-order valence-electron chi connectivity index (χ0n) is 23.3. The first-order valence-electron chi connectivity index (χ1n) is 13.2. The summed E-state index contributed by atoms with van der Waals surface area (Å²) in [6.45, 7) is 3.54. The number of rotatable bonds is 13. The van der Waals surface area contributed by atoms with Gasteiger partial charge in [-0.05, 0) is 48.7 Å². The number of hydrogen-bond donors (Lipinski definition) is 1.